The third kappa shape index (κ3) is 4.44. The molecule has 1 aliphatic heterocycles. The van der Waals surface area contributed by atoms with Crippen molar-refractivity contribution in [2.24, 2.45) is 0 Å². The molecule has 0 saturated carbocycles. The van der Waals surface area contributed by atoms with Gasteiger partial charge in [0, 0.05) is 12.1 Å². The van der Waals surface area contributed by atoms with Gasteiger partial charge in [0.15, 0.2) is 0 Å². The lowest BCUT2D eigenvalue weighted by Crippen LogP contribution is -3.15. The Kier molecular flexibility index (Phi) is 5.28. The van der Waals surface area contributed by atoms with Crippen LogP contribution in [0.5, 0.6) is 5.75 Å². The van der Waals surface area contributed by atoms with Crippen molar-refractivity contribution < 1.29 is 24.4 Å². The number of morpholine rings is 1. The fourth-order valence-corrected chi connectivity index (χ4v) is 2.11. The summed E-state index contributed by atoms with van der Waals surface area (Å²) in [5, 5.41) is 20.4. The molecular weight excluding hydrogens is 264 g/mol. The molecule has 0 amide bonds. The van der Waals surface area contributed by atoms with Crippen LogP contribution < -0.4 is 9.64 Å². The van der Waals surface area contributed by atoms with Gasteiger partial charge in [-0.1, -0.05) is 0 Å². The largest absolute Gasteiger partial charge is 0.491 e. The lowest BCUT2D eigenvalue weighted by molar-refractivity contribution is -0.911. The molecule has 1 aliphatic rings. The van der Waals surface area contributed by atoms with Crippen LogP contribution in [0, 0.1) is 10.1 Å². The summed E-state index contributed by atoms with van der Waals surface area (Å²) in [6, 6.07) is 5.84. The number of nitro groups is 1. The van der Waals surface area contributed by atoms with Crippen molar-refractivity contribution in [1.82, 2.24) is 0 Å². The van der Waals surface area contributed by atoms with Gasteiger partial charge in [0.25, 0.3) is 5.69 Å². The number of nitrogens with zero attached hydrogens (tertiary/aromatic N) is 1. The molecule has 7 nitrogen and oxygen atoms in total. The van der Waals surface area contributed by atoms with E-state index in [1.54, 1.807) is 0 Å². The molecule has 1 fully saturated rings. The maximum Gasteiger partial charge on any atom is 0.269 e. The molecule has 0 radical (unpaired) electrons. The van der Waals surface area contributed by atoms with Gasteiger partial charge in [0.2, 0.25) is 0 Å². The SMILES string of the molecule is O=[N+]([O-])c1ccc(OCC(O)C[NH+]2CCOCC2)cc1. The van der Waals surface area contributed by atoms with Gasteiger partial charge in [0.05, 0.1) is 18.1 Å². The molecule has 0 spiro atoms. The summed E-state index contributed by atoms with van der Waals surface area (Å²) in [6.07, 6.45) is -0.557. The summed E-state index contributed by atoms with van der Waals surface area (Å²) < 4.78 is 10.7. The Bertz CT molecular complexity index is 431. The first-order chi connectivity index (χ1) is 9.65. The van der Waals surface area contributed by atoms with Crippen LogP contribution in [0.25, 0.3) is 0 Å². The van der Waals surface area contributed by atoms with Gasteiger partial charge in [-0.05, 0) is 12.1 Å². The summed E-state index contributed by atoms with van der Waals surface area (Å²) in [5.74, 6) is 0.520. The maximum absolute atomic E-state index is 10.5. The van der Waals surface area contributed by atoms with E-state index < -0.39 is 11.0 Å². The van der Waals surface area contributed by atoms with Crippen LogP contribution in [-0.2, 0) is 4.74 Å². The average molecular weight is 283 g/mol. The van der Waals surface area contributed by atoms with E-state index in [-0.39, 0.29) is 12.3 Å². The minimum atomic E-state index is -0.557. The van der Waals surface area contributed by atoms with Crippen LogP contribution in [0.3, 0.4) is 0 Å². The van der Waals surface area contributed by atoms with Gasteiger partial charge in [-0.3, -0.25) is 10.1 Å². The number of non-ortho nitro benzene ring substituents is 1. The first kappa shape index (κ1) is 14.7. The van der Waals surface area contributed by atoms with Crippen LogP contribution in [0.2, 0.25) is 0 Å². The summed E-state index contributed by atoms with van der Waals surface area (Å²) in [7, 11) is 0. The van der Waals surface area contributed by atoms with Crippen molar-refractivity contribution in [3.05, 3.63) is 34.4 Å². The quantitative estimate of drug-likeness (QED) is 0.530. The smallest absolute Gasteiger partial charge is 0.269 e. The van der Waals surface area contributed by atoms with Crippen LogP contribution in [0.4, 0.5) is 5.69 Å². The van der Waals surface area contributed by atoms with Crippen LogP contribution >= 0.6 is 0 Å². The lowest BCUT2D eigenvalue weighted by Gasteiger charge is -2.25. The Hall–Kier alpha value is -1.70. The van der Waals surface area contributed by atoms with Gasteiger partial charge in [-0.2, -0.15) is 0 Å². The molecule has 0 bridgehead atoms. The van der Waals surface area contributed by atoms with E-state index in [0.29, 0.717) is 12.3 Å². The van der Waals surface area contributed by atoms with E-state index in [1.807, 2.05) is 0 Å². The van der Waals surface area contributed by atoms with Crippen LogP contribution in [-0.4, -0.2) is 55.6 Å². The highest BCUT2D eigenvalue weighted by Gasteiger charge is 2.18. The van der Waals surface area contributed by atoms with E-state index in [2.05, 4.69) is 0 Å². The first-order valence-corrected chi connectivity index (χ1v) is 6.62. The number of nitro benzene ring substituents is 1. The first-order valence-electron chi connectivity index (χ1n) is 6.62. The van der Waals surface area contributed by atoms with E-state index in [9.17, 15) is 15.2 Å². The monoisotopic (exact) mass is 283 g/mol. The topological polar surface area (TPSA) is 86.3 Å². The van der Waals surface area contributed by atoms with Crippen molar-refractivity contribution in [2.45, 2.75) is 6.10 Å². The molecule has 110 valence electrons. The predicted molar refractivity (Wildman–Crippen MR) is 71.0 cm³/mol. The Morgan fingerprint density at radius 3 is 2.60 bits per heavy atom. The molecule has 1 aromatic carbocycles. The minimum absolute atomic E-state index is 0.0238. The number of benzene rings is 1. The average Bonchev–Trinajstić information content (AvgIpc) is 2.46. The highest BCUT2D eigenvalue weighted by molar-refractivity contribution is 5.35. The van der Waals surface area contributed by atoms with Gasteiger partial charge in [-0.15, -0.1) is 0 Å². The molecule has 1 atom stereocenters. The Labute approximate surface area is 116 Å². The van der Waals surface area contributed by atoms with E-state index >= 15 is 0 Å². The number of hydrogen-bond donors (Lipinski definition) is 2. The molecule has 1 saturated heterocycles. The molecule has 2 rings (SSSR count). The second-order valence-electron chi connectivity index (χ2n) is 4.78. The molecule has 2 N–H and O–H groups in total. The van der Waals surface area contributed by atoms with Crippen molar-refractivity contribution in [3.8, 4) is 5.75 Å². The molecule has 1 aromatic rings. The minimum Gasteiger partial charge on any atom is -0.491 e. The zero-order valence-electron chi connectivity index (χ0n) is 11.2. The number of aliphatic hydroxyl groups is 1. The Balaban J connectivity index is 1.74. The molecule has 0 aliphatic carbocycles. The summed E-state index contributed by atoms with van der Waals surface area (Å²) >= 11 is 0. The van der Waals surface area contributed by atoms with E-state index in [4.69, 9.17) is 9.47 Å². The third-order valence-corrected chi connectivity index (χ3v) is 3.21. The fourth-order valence-electron chi connectivity index (χ4n) is 2.11. The number of quaternary nitrogens is 1. The number of rotatable bonds is 6. The maximum atomic E-state index is 10.5. The fraction of sp³-hybridized carbons (Fsp3) is 0.538. The van der Waals surface area contributed by atoms with Gasteiger partial charge >= 0.3 is 0 Å². The highest BCUT2D eigenvalue weighted by atomic mass is 16.6. The molecule has 1 heterocycles. The molecule has 20 heavy (non-hydrogen) atoms. The second kappa shape index (κ2) is 7.18. The zero-order chi connectivity index (χ0) is 14.4. The molecule has 7 heteroatoms. The van der Waals surface area contributed by atoms with Crippen molar-refractivity contribution >= 4 is 5.69 Å². The summed E-state index contributed by atoms with van der Waals surface area (Å²) in [6.45, 7) is 4.05. The standard InChI is InChI=1S/C13H18N2O5/c16-12(9-14-5-7-19-8-6-14)10-20-13-3-1-11(2-4-13)15(17)18/h1-4,12,16H,5-10H2/p+1. The summed E-state index contributed by atoms with van der Waals surface area (Å²) in [4.78, 5) is 11.4. The normalized spacial score (nSPS) is 17.6. The number of ether oxygens (including phenoxy) is 2. The van der Waals surface area contributed by atoms with Crippen molar-refractivity contribution in [3.63, 3.8) is 0 Å². The van der Waals surface area contributed by atoms with Gasteiger partial charge in [0.1, 0.15) is 38.1 Å². The second-order valence-corrected chi connectivity index (χ2v) is 4.78. The highest BCUT2D eigenvalue weighted by Crippen LogP contribution is 2.17. The molecule has 0 aromatic heterocycles. The molecular formula is C13H19N2O5+. The van der Waals surface area contributed by atoms with Crippen molar-refractivity contribution in [1.29, 1.82) is 0 Å². The number of aliphatic hydroxyl groups excluding tert-OH is 1. The number of hydrogen-bond acceptors (Lipinski definition) is 5. The van der Waals surface area contributed by atoms with Crippen LogP contribution in [0.15, 0.2) is 24.3 Å². The summed E-state index contributed by atoms with van der Waals surface area (Å²) in [5.41, 5.74) is 0.0238. The zero-order valence-corrected chi connectivity index (χ0v) is 11.2. The predicted octanol–water partition coefficient (Wildman–Crippen LogP) is -0.750. The van der Waals surface area contributed by atoms with E-state index in [1.165, 1.54) is 29.2 Å². The Morgan fingerprint density at radius 1 is 1.35 bits per heavy atom. The van der Waals surface area contributed by atoms with Gasteiger partial charge < -0.3 is 19.5 Å². The van der Waals surface area contributed by atoms with Crippen LogP contribution in [0.1, 0.15) is 0 Å². The van der Waals surface area contributed by atoms with E-state index in [0.717, 1.165) is 26.3 Å². The van der Waals surface area contributed by atoms with Crippen molar-refractivity contribution in [2.75, 3.05) is 39.5 Å². The lowest BCUT2D eigenvalue weighted by atomic mass is 10.3. The number of nitrogens with one attached hydrogen (secondary N) is 1. The Morgan fingerprint density at radius 2 is 2.00 bits per heavy atom. The van der Waals surface area contributed by atoms with Gasteiger partial charge in [-0.25, -0.2) is 0 Å². The third-order valence-electron chi connectivity index (χ3n) is 3.21. The molecule has 1 unspecified atom stereocenters.